The van der Waals surface area contributed by atoms with Gasteiger partial charge in [-0.05, 0) is 42.8 Å². The third-order valence-corrected chi connectivity index (χ3v) is 3.90. The second kappa shape index (κ2) is 8.99. The van der Waals surface area contributed by atoms with E-state index in [9.17, 15) is 4.79 Å². The van der Waals surface area contributed by atoms with Crippen molar-refractivity contribution >= 4 is 6.29 Å². The summed E-state index contributed by atoms with van der Waals surface area (Å²) >= 11 is 0. The molecule has 0 aliphatic rings. The molecule has 26 heavy (non-hydrogen) atoms. The van der Waals surface area contributed by atoms with Crippen molar-refractivity contribution in [1.82, 2.24) is 0 Å². The van der Waals surface area contributed by atoms with E-state index in [4.69, 9.17) is 23.7 Å². The fourth-order valence-electron chi connectivity index (χ4n) is 2.70. The third-order valence-electron chi connectivity index (χ3n) is 3.90. The number of methoxy groups -OCH3 is 4. The van der Waals surface area contributed by atoms with Crippen LogP contribution in [0.5, 0.6) is 28.7 Å². The molecular weight excluding hydrogens is 336 g/mol. The average molecular weight is 360 g/mol. The number of carbonyl (C=O) groups excluding carboxylic acids is 1. The molecule has 0 saturated carbocycles. The summed E-state index contributed by atoms with van der Waals surface area (Å²) in [5.41, 5.74) is 1.52. The number of hydrogen-bond donors (Lipinski definition) is 0. The molecule has 0 N–H and O–H groups in total. The number of ether oxygens (including phenoxy) is 5. The van der Waals surface area contributed by atoms with Crippen molar-refractivity contribution in [1.29, 1.82) is 0 Å². The molecule has 2 rings (SSSR count). The Balaban J connectivity index is 2.20. The Labute approximate surface area is 153 Å². The molecule has 6 heteroatoms. The number of hydrogen-bond acceptors (Lipinski definition) is 6. The van der Waals surface area contributed by atoms with Gasteiger partial charge < -0.3 is 23.7 Å². The quantitative estimate of drug-likeness (QED) is 0.638. The summed E-state index contributed by atoms with van der Waals surface area (Å²) in [5.74, 6) is 2.85. The molecule has 6 nitrogen and oxygen atoms in total. The first kappa shape index (κ1) is 19.4. The van der Waals surface area contributed by atoms with Crippen molar-refractivity contribution in [2.24, 2.45) is 0 Å². The summed E-state index contributed by atoms with van der Waals surface area (Å²) in [5, 5.41) is 0. The molecule has 1 atom stereocenters. The lowest BCUT2D eigenvalue weighted by atomic mass is 10.1. The zero-order valence-electron chi connectivity index (χ0n) is 15.7. The van der Waals surface area contributed by atoms with E-state index in [1.54, 1.807) is 46.6 Å². The zero-order chi connectivity index (χ0) is 19.1. The maximum Gasteiger partial charge on any atom is 0.203 e. The van der Waals surface area contributed by atoms with E-state index in [1.807, 2.05) is 19.1 Å². The summed E-state index contributed by atoms with van der Waals surface area (Å²) < 4.78 is 27.4. The van der Waals surface area contributed by atoms with Gasteiger partial charge in [-0.2, -0.15) is 0 Å². The van der Waals surface area contributed by atoms with Crippen LogP contribution in [0.4, 0.5) is 0 Å². The molecule has 0 radical (unpaired) electrons. The molecule has 0 bridgehead atoms. The minimum Gasteiger partial charge on any atom is -0.493 e. The number of benzene rings is 2. The van der Waals surface area contributed by atoms with Crippen LogP contribution >= 0.6 is 0 Å². The van der Waals surface area contributed by atoms with Crippen LogP contribution in [0.25, 0.3) is 0 Å². The van der Waals surface area contributed by atoms with E-state index in [2.05, 4.69) is 0 Å². The van der Waals surface area contributed by atoms with E-state index in [0.717, 1.165) is 11.8 Å². The van der Waals surface area contributed by atoms with Crippen LogP contribution < -0.4 is 23.7 Å². The summed E-state index contributed by atoms with van der Waals surface area (Å²) in [6.07, 6.45) is 1.25. The predicted octanol–water partition coefficient (Wildman–Crippen LogP) is 3.54. The van der Waals surface area contributed by atoms with Crippen molar-refractivity contribution in [2.75, 3.05) is 28.4 Å². The minimum absolute atomic E-state index is 0.145. The normalized spacial score (nSPS) is 11.4. The van der Waals surface area contributed by atoms with Gasteiger partial charge in [0.25, 0.3) is 0 Å². The summed E-state index contributed by atoms with van der Waals surface area (Å²) in [6, 6.07) is 8.86. The first-order valence-electron chi connectivity index (χ1n) is 8.15. The van der Waals surface area contributed by atoms with Crippen molar-refractivity contribution in [3.8, 4) is 28.7 Å². The van der Waals surface area contributed by atoms with Gasteiger partial charge in [0.15, 0.2) is 23.0 Å². The fourth-order valence-corrected chi connectivity index (χ4v) is 2.70. The van der Waals surface area contributed by atoms with Crippen LogP contribution in [0.1, 0.15) is 22.8 Å². The van der Waals surface area contributed by atoms with Crippen molar-refractivity contribution in [3.05, 3.63) is 41.5 Å². The Morgan fingerprint density at radius 1 is 0.846 bits per heavy atom. The monoisotopic (exact) mass is 360 g/mol. The van der Waals surface area contributed by atoms with Gasteiger partial charge in [0.1, 0.15) is 12.4 Å². The lowest BCUT2D eigenvalue weighted by molar-refractivity contribution is 0.112. The third kappa shape index (κ3) is 4.39. The highest BCUT2D eigenvalue weighted by Gasteiger charge is 2.16. The standard InChI is InChI=1S/C20H24O6/c1-13(26-16-7-6-14(12-21)9-17(16)22-2)8-15-10-18(23-3)20(25-5)19(11-15)24-4/h6-7,9-13H,8H2,1-5H3/t13-/m0/s1. The van der Waals surface area contributed by atoms with Crippen LogP contribution in [-0.4, -0.2) is 40.8 Å². The Bertz CT molecular complexity index is 731. The second-order valence-corrected chi connectivity index (χ2v) is 5.69. The number of carbonyl (C=O) groups is 1. The highest BCUT2D eigenvalue weighted by atomic mass is 16.5. The molecule has 2 aromatic rings. The van der Waals surface area contributed by atoms with Gasteiger partial charge in [-0.3, -0.25) is 4.79 Å². The van der Waals surface area contributed by atoms with Crippen molar-refractivity contribution in [3.63, 3.8) is 0 Å². The Morgan fingerprint density at radius 3 is 1.96 bits per heavy atom. The minimum atomic E-state index is -0.145. The lowest BCUT2D eigenvalue weighted by Gasteiger charge is -2.19. The SMILES string of the molecule is COc1cc(C=O)ccc1O[C@@H](C)Cc1cc(OC)c(OC)c(OC)c1. The van der Waals surface area contributed by atoms with Gasteiger partial charge in [0.05, 0.1) is 28.4 Å². The zero-order valence-corrected chi connectivity index (χ0v) is 15.7. The molecule has 0 amide bonds. The Kier molecular flexibility index (Phi) is 6.72. The van der Waals surface area contributed by atoms with Crippen LogP contribution in [0.3, 0.4) is 0 Å². The Hall–Kier alpha value is -2.89. The van der Waals surface area contributed by atoms with Gasteiger partial charge in [-0.25, -0.2) is 0 Å². The summed E-state index contributed by atoms with van der Waals surface area (Å²) in [4.78, 5) is 10.9. The van der Waals surface area contributed by atoms with E-state index in [1.165, 1.54) is 0 Å². The number of aldehydes is 1. The molecule has 0 aliphatic carbocycles. The molecule has 0 saturated heterocycles. The largest absolute Gasteiger partial charge is 0.493 e. The van der Waals surface area contributed by atoms with Gasteiger partial charge >= 0.3 is 0 Å². The van der Waals surface area contributed by atoms with Crippen LogP contribution in [0.15, 0.2) is 30.3 Å². The maximum absolute atomic E-state index is 10.9. The van der Waals surface area contributed by atoms with E-state index in [-0.39, 0.29) is 6.10 Å². The molecular formula is C20H24O6. The molecule has 140 valence electrons. The van der Waals surface area contributed by atoms with Crippen LogP contribution in [-0.2, 0) is 6.42 Å². The molecule has 0 aromatic heterocycles. The van der Waals surface area contributed by atoms with Crippen molar-refractivity contribution < 1.29 is 28.5 Å². The first-order chi connectivity index (χ1) is 12.6. The second-order valence-electron chi connectivity index (χ2n) is 5.69. The topological polar surface area (TPSA) is 63.2 Å². The van der Waals surface area contributed by atoms with Crippen molar-refractivity contribution in [2.45, 2.75) is 19.4 Å². The summed E-state index contributed by atoms with van der Waals surface area (Å²) in [6.45, 7) is 1.95. The van der Waals surface area contributed by atoms with Crippen LogP contribution in [0, 0.1) is 0 Å². The fraction of sp³-hybridized carbons (Fsp3) is 0.350. The summed E-state index contributed by atoms with van der Waals surface area (Å²) in [7, 11) is 6.28. The molecule has 0 spiro atoms. The van der Waals surface area contributed by atoms with E-state index >= 15 is 0 Å². The molecule has 0 aliphatic heterocycles. The molecule has 0 unspecified atom stereocenters. The maximum atomic E-state index is 10.9. The number of rotatable bonds is 9. The van der Waals surface area contributed by atoms with E-state index < -0.39 is 0 Å². The van der Waals surface area contributed by atoms with Crippen LogP contribution in [0.2, 0.25) is 0 Å². The highest BCUT2D eigenvalue weighted by molar-refractivity contribution is 5.76. The molecule has 2 aromatic carbocycles. The van der Waals surface area contributed by atoms with Gasteiger partial charge in [-0.1, -0.05) is 0 Å². The van der Waals surface area contributed by atoms with Gasteiger partial charge in [0.2, 0.25) is 5.75 Å². The van der Waals surface area contributed by atoms with E-state index in [0.29, 0.717) is 40.7 Å². The predicted molar refractivity (Wildman–Crippen MR) is 98.3 cm³/mol. The smallest absolute Gasteiger partial charge is 0.203 e. The molecule has 0 heterocycles. The first-order valence-corrected chi connectivity index (χ1v) is 8.15. The highest BCUT2D eigenvalue weighted by Crippen LogP contribution is 2.38. The molecule has 0 fully saturated rings. The van der Waals surface area contributed by atoms with Gasteiger partial charge in [-0.15, -0.1) is 0 Å². The Morgan fingerprint density at radius 2 is 1.46 bits per heavy atom. The van der Waals surface area contributed by atoms with Gasteiger partial charge in [0, 0.05) is 12.0 Å². The average Bonchev–Trinajstić information content (AvgIpc) is 2.67. The lowest BCUT2D eigenvalue weighted by Crippen LogP contribution is -2.16.